The fourth-order valence-corrected chi connectivity index (χ4v) is 5.88. The second-order valence-electron chi connectivity index (χ2n) is 12.2. The molecule has 2 aliphatic rings. The van der Waals surface area contributed by atoms with Gasteiger partial charge >= 0.3 is 12.4 Å². The minimum Gasteiger partial charge on any atom is -0.343 e. The number of halogens is 6. The maximum Gasteiger partial charge on any atom is 0.389 e. The summed E-state index contributed by atoms with van der Waals surface area (Å²) < 4.78 is 79.8. The number of rotatable bonds is 12. The number of aliphatic imine (C=N–C) groups is 1. The Hall–Kier alpha value is -3.98. The van der Waals surface area contributed by atoms with Crippen molar-refractivity contribution in [1.82, 2.24) is 20.4 Å². The highest BCUT2D eigenvalue weighted by Gasteiger charge is 2.40. The molecule has 0 radical (unpaired) electrons. The normalized spacial score (nSPS) is 19.2. The molecule has 2 heterocycles. The predicted octanol–water partition coefficient (Wildman–Crippen LogP) is 4.57. The van der Waals surface area contributed by atoms with Crippen LogP contribution in [-0.4, -0.2) is 98.7 Å². The highest BCUT2D eigenvalue weighted by atomic mass is 19.4. The molecule has 3 atom stereocenters. The van der Waals surface area contributed by atoms with E-state index in [-0.39, 0.29) is 6.67 Å². The minimum absolute atomic E-state index is 0.000967. The van der Waals surface area contributed by atoms with Crippen LogP contribution in [0.5, 0.6) is 0 Å². The van der Waals surface area contributed by atoms with Crippen LogP contribution in [0.1, 0.15) is 43.2 Å². The molecule has 262 valence electrons. The van der Waals surface area contributed by atoms with Gasteiger partial charge in [-0.1, -0.05) is 48.5 Å². The largest absolute Gasteiger partial charge is 0.389 e. The number of carbonyl (C=O) groups excluding carboxylic acids is 3. The molecule has 48 heavy (non-hydrogen) atoms. The van der Waals surface area contributed by atoms with Gasteiger partial charge in [-0.05, 0) is 32.4 Å². The van der Waals surface area contributed by atoms with Gasteiger partial charge in [0.2, 0.25) is 18.0 Å². The number of nitrogens with one attached hydrogen (secondary N) is 2. The fourth-order valence-electron chi connectivity index (χ4n) is 5.88. The Morgan fingerprint density at radius 1 is 0.833 bits per heavy atom. The van der Waals surface area contributed by atoms with Gasteiger partial charge in [0, 0.05) is 69.0 Å². The number of nitrogens with zero attached hydrogens (tertiary/aromatic N) is 4. The van der Waals surface area contributed by atoms with E-state index >= 15 is 0 Å². The van der Waals surface area contributed by atoms with Crippen molar-refractivity contribution < 1.29 is 40.7 Å². The quantitative estimate of drug-likeness (QED) is 0.320. The number of hydrogen-bond donors (Lipinski definition) is 2. The van der Waals surface area contributed by atoms with Crippen LogP contribution >= 0.6 is 0 Å². The molecular formula is C33H40F6N6O3. The smallest absolute Gasteiger partial charge is 0.343 e. The maximum atomic E-state index is 14.0. The monoisotopic (exact) mass is 682 g/mol. The van der Waals surface area contributed by atoms with Crippen LogP contribution in [0.3, 0.4) is 0 Å². The molecule has 2 aliphatic heterocycles. The summed E-state index contributed by atoms with van der Waals surface area (Å²) in [6.45, 7) is 2.58. The third-order valence-corrected chi connectivity index (χ3v) is 8.62. The number of hydrogen-bond acceptors (Lipinski definition) is 6. The summed E-state index contributed by atoms with van der Waals surface area (Å²) in [5, 5.41) is 5.10. The molecule has 2 aromatic carbocycles. The Labute approximate surface area is 275 Å². The van der Waals surface area contributed by atoms with Crippen LogP contribution < -0.4 is 15.5 Å². The van der Waals surface area contributed by atoms with Gasteiger partial charge in [0.05, 0.1) is 18.1 Å². The zero-order valence-corrected chi connectivity index (χ0v) is 26.8. The van der Waals surface area contributed by atoms with Crippen molar-refractivity contribution in [3.8, 4) is 0 Å². The lowest BCUT2D eigenvalue weighted by Gasteiger charge is -2.33. The van der Waals surface area contributed by atoms with Crippen molar-refractivity contribution in [2.45, 2.75) is 50.6 Å². The van der Waals surface area contributed by atoms with Gasteiger partial charge in [-0.2, -0.15) is 26.3 Å². The van der Waals surface area contributed by atoms with Crippen molar-refractivity contribution >= 4 is 29.1 Å². The van der Waals surface area contributed by atoms with Crippen LogP contribution in [-0.2, 0) is 14.4 Å². The number of amides is 3. The molecule has 4 rings (SSSR count). The third kappa shape index (κ3) is 10.3. The van der Waals surface area contributed by atoms with E-state index in [9.17, 15) is 40.7 Å². The van der Waals surface area contributed by atoms with E-state index in [0.29, 0.717) is 48.7 Å². The summed E-state index contributed by atoms with van der Waals surface area (Å²) in [6.07, 6.45) is -15.6. The average Bonchev–Trinajstić information content (AvgIpc) is 3.13. The highest BCUT2D eigenvalue weighted by molar-refractivity contribution is 6.20. The number of carbonyl (C=O) groups is 3. The molecular weight excluding hydrogens is 642 g/mol. The molecule has 1 fully saturated rings. The summed E-state index contributed by atoms with van der Waals surface area (Å²) in [6, 6.07) is 15.7. The van der Waals surface area contributed by atoms with E-state index < -0.39 is 80.2 Å². The molecule has 15 heteroatoms. The van der Waals surface area contributed by atoms with Crippen molar-refractivity contribution in [2.24, 2.45) is 16.8 Å². The SMILES string of the molecule is CN1CCN(CNC(=O)C(CCC(F)(F)F)C(CCCC(F)(F)F)C(=O)NC2N=C(c3ccccc3)c3ccccc3N(C)C2=O)CC1. The van der Waals surface area contributed by atoms with Crippen LogP contribution in [0.25, 0.3) is 0 Å². The standard InChI is InChI=1S/C33H40F6N6O3/c1-43-17-19-45(20-18-43)21-40-29(46)24(14-16-33(37,38)39)23(12-8-15-32(34,35)36)30(47)42-28-31(48)44(2)26-13-7-6-11-25(26)27(41-28)22-9-4-3-5-10-22/h3-7,9-11,13,23-24,28H,8,12,14-21H2,1-2H3,(H,40,46)(H,42,47). The highest BCUT2D eigenvalue weighted by Crippen LogP contribution is 2.33. The first-order valence-electron chi connectivity index (χ1n) is 15.8. The van der Waals surface area contributed by atoms with Gasteiger partial charge in [-0.25, -0.2) is 4.99 Å². The number of anilines is 1. The molecule has 2 aromatic rings. The van der Waals surface area contributed by atoms with Gasteiger partial charge in [0.25, 0.3) is 5.91 Å². The van der Waals surface area contributed by atoms with E-state index in [0.717, 1.165) is 0 Å². The van der Waals surface area contributed by atoms with Gasteiger partial charge < -0.3 is 20.4 Å². The topological polar surface area (TPSA) is 97.3 Å². The van der Waals surface area contributed by atoms with E-state index in [4.69, 9.17) is 0 Å². The summed E-state index contributed by atoms with van der Waals surface area (Å²) in [5.41, 5.74) is 2.01. The molecule has 0 aliphatic carbocycles. The van der Waals surface area contributed by atoms with E-state index in [1.54, 1.807) is 54.6 Å². The molecule has 1 saturated heterocycles. The Balaban J connectivity index is 1.65. The molecule has 0 saturated carbocycles. The van der Waals surface area contributed by atoms with Crippen molar-refractivity contribution in [1.29, 1.82) is 0 Å². The Bertz CT molecular complexity index is 1440. The zero-order valence-electron chi connectivity index (χ0n) is 26.8. The molecule has 2 N–H and O–H groups in total. The van der Waals surface area contributed by atoms with Gasteiger partial charge in [0.1, 0.15) is 0 Å². The minimum atomic E-state index is -4.69. The van der Waals surface area contributed by atoms with E-state index in [1.807, 2.05) is 11.9 Å². The second-order valence-corrected chi connectivity index (χ2v) is 12.2. The maximum absolute atomic E-state index is 14.0. The van der Waals surface area contributed by atoms with Crippen molar-refractivity contribution in [3.05, 3.63) is 65.7 Å². The van der Waals surface area contributed by atoms with Crippen molar-refractivity contribution in [3.63, 3.8) is 0 Å². The fraction of sp³-hybridized carbons (Fsp3) is 0.515. The number of benzodiazepines with no additional fused rings is 1. The predicted molar refractivity (Wildman–Crippen MR) is 168 cm³/mol. The molecule has 3 amide bonds. The van der Waals surface area contributed by atoms with Crippen LogP contribution in [0.15, 0.2) is 59.6 Å². The molecule has 0 aromatic heterocycles. The number of fused-ring (bicyclic) bond motifs is 1. The second kappa shape index (κ2) is 15.9. The number of benzene rings is 2. The number of para-hydroxylation sites is 1. The summed E-state index contributed by atoms with van der Waals surface area (Å²) in [4.78, 5) is 50.9. The first-order valence-corrected chi connectivity index (χ1v) is 15.8. The van der Waals surface area contributed by atoms with Crippen LogP contribution in [0.4, 0.5) is 32.0 Å². The summed E-state index contributed by atoms with van der Waals surface area (Å²) in [7, 11) is 3.40. The molecule has 0 bridgehead atoms. The first-order chi connectivity index (χ1) is 22.6. The molecule has 0 spiro atoms. The zero-order chi connectivity index (χ0) is 35.1. The average molecular weight is 683 g/mol. The molecule has 3 unspecified atom stereocenters. The first kappa shape index (κ1) is 36.8. The Kier molecular flexibility index (Phi) is 12.2. The van der Waals surface area contributed by atoms with Crippen LogP contribution in [0, 0.1) is 11.8 Å². The summed E-state index contributed by atoms with van der Waals surface area (Å²) in [5.74, 6) is -5.83. The lowest BCUT2D eigenvalue weighted by atomic mass is 9.83. The number of piperazine rings is 1. The lowest BCUT2D eigenvalue weighted by Crippen LogP contribution is -2.52. The number of likely N-dealkylation sites (N-methyl/N-ethyl adjacent to an activating group) is 2. The third-order valence-electron chi connectivity index (χ3n) is 8.62. The molecule has 9 nitrogen and oxygen atoms in total. The van der Waals surface area contributed by atoms with Gasteiger partial charge in [-0.15, -0.1) is 0 Å². The van der Waals surface area contributed by atoms with Gasteiger partial charge in [0.15, 0.2) is 0 Å². The van der Waals surface area contributed by atoms with Gasteiger partial charge in [-0.3, -0.25) is 19.3 Å². The van der Waals surface area contributed by atoms with Crippen molar-refractivity contribution in [2.75, 3.05) is 51.8 Å². The Morgan fingerprint density at radius 2 is 1.44 bits per heavy atom. The Morgan fingerprint density at radius 3 is 2.08 bits per heavy atom. The van der Waals surface area contributed by atoms with E-state index in [2.05, 4.69) is 20.5 Å². The van der Waals surface area contributed by atoms with E-state index in [1.165, 1.54) is 11.9 Å². The number of alkyl halides is 6. The lowest BCUT2D eigenvalue weighted by molar-refractivity contribution is -0.148. The van der Waals surface area contributed by atoms with Crippen LogP contribution in [0.2, 0.25) is 0 Å². The summed E-state index contributed by atoms with van der Waals surface area (Å²) >= 11 is 0.